The van der Waals surface area contributed by atoms with Crippen LogP contribution in [0.15, 0.2) is 29.2 Å². The first-order chi connectivity index (χ1) is 8.28. The molecule has 0 aromatic heterocycles. The summed E-state index contributed by atoms with van der Waals surface area (Å²) in [7, 11) is -0.897. The van der Waals surface area contributed by atoms with Gasteiger partial charge in [-0.3, -0.25) is 4.21 Å². The first-order valence-corrected chi connectivity index (χ1v) is 8.66. The molecule has 0 amide bonds. The van der Waals surface area contributed by atoms with Gasteiger partial charge in [-0.1, -0.05) is 20.8 Å². The van der Waals surface area contributed by atoms with Gasteiger partial charge in [-0.25, -0.2) is 0 Å². The summed E-state index contributed by atoms with van der Waals surface area (Å²) in [5, 5.41) is 3.46. The maximum Gasteiger partial charge on any atom is 0.0498 e. The summed E-state index contributed by atoms with van der Waals surface area (Å²) in [5.74, 6) is 1.07. The maximum atomic E-state index is 11.3. The van der Waals surface area contributed by atoms with Gasteiger partial charge >= 0.3 is 0 Å². The van der Waals surface area contributed by atoms with Gasteiger partial charge in [0.1, 0.15) is 0 Å². The van der Waals surface area contributed by atoms with Crippen molar-refractivity contribution >= 4 is 28.2 Å². The maximum absolute atomic E-state index is 11.3. The molecule has 0 aliphatic rings. The van der Waals surface area contributed by atoms with E-state index >= 15 is 0 Å². The van der Waals surface area contributed by atoms with Crippen LogP contribution in [0, 0.1) is 0 Å². The zero-order chi connectivity index (χ0) is 13.8. The summed E-state index contributed by atoms with van der Waals surface area (Å²) in [6.07, 6.45) is 1.70. The molecule has 0 saturated heterocycles. The lowest BCUT2D eigenvalue weighted by Crippen LogP contribution is -2.21. The Hall–Kier alpha value is -0.480. The first-order valence-electron chi connectivity index (χ1n) is 6.12. The minimum atomic E-state index is -0.897. The van der Waals surface area contributed by atoms with Gasteiger partial charge in [0.2, 0.25) is 0 Å². The van der Waals surface area contributed by atoms with Gasteiger partial charge in [0, 0.05) is 44.2 Å². The Morgan fingerprint density at radius 1 is 1.28 bits per heavy atom. The van der Waals surface area contributed by atoms with E-state index in [4.69, 9.17) is 0 Å². The summed E-state index contributed by atoms with van der Waals surface area (Å²) in [5.41, 5.74) is 1.09. The number of benzene rings is 1. The highest BCUT2D eigenvalue weighted by atomic mass is 32.2. The fraction of sp³-hybridized carbons (Fsp3) is 0.571. The molecule has 102 valence electrons. The summed E-state index contributed by atoms with van der Waals surface area (Å²) < 4.78 is 11.6. The molecule has 0 spiro atoms. The van der Waals surface area contributed by atoms with Crippen LogP contribution in [0.4, 0.5) is 5.69 Å². The third kappa shape index (κ3) is 5.91. The van der Waals surface area contributed by atoms with E-state index in [-0.39, 0.29) is 0 Å². The zero-order valence-corrected chi connectivity index (χ0v) is 13.5. The minimum Gasteiger partial charge on any atom is -0.382 e. The van der Waals surface area contributed by atoms with E-state index in [0.717, 1.165) is 16.3 Å². The van der Waals surface area contributed by atoms with E-state index in [1.807, 2.05) is 36.0 Å². The normalized spacial score (nSPS) is 15.2. The molecule has 1 aromatic carbocycles. The molecule has 0 heterocycles. The smallest absolute Gasteiger partial charge is 0.0498 e. The van der Waals surface area contributed by atoms with Gasteiger partial charge in [0.25, 0.3) is 0 Å². The molecular weight excluding hydrogens is 262 g/mol. The quantitative estimate of drug-likeness (QED) is 0.893. The molecule has 2 nitrogen and oxygen atoms in total. The summed E-state index contributed by atoms with van der Waals surface area (Å²) in [6.45, 7) is 8.88. The van der Waals surface area contributed by atoms with E-state index in [1.165, 1.54) is 0 Å². The molecule has 0 unspecified atom stereocenters. The van der Waals surface area contributed by atoms with Crippen LogP contribution in [0.25, 0.3) is 0 Å². The van der Waals surface area contributed by atoms with Crippen molar-refractivity contribution in [2.45, 2.75) is 43.4 Å². The molecule has 0 fully saturated rings. The van der Waals surface area contributed by atoms with Crippen molar-refractivity contribution in [2.24, 2.45) is 0 Å². The van der Waals surface area contributed by atoms with Gasteiger partial charge in [0.15, 0.2) is 0 Å². The number of hydrogen-bond acceptors (Lipinski definition) is 3. The lowest BCUT2D eigenvalue weighted by Gasteiger charge is -2.22. The van der Waals surface area contributed by atoms with E-state index in [2.05, 4.69) is 33.0 Å². The highest BCUT2D eigenvalue weighted by molar-refractivity contribution is 8.00. The monoisotopic (exact) mass is 285 g/mol. The summed E-state index contributed by atoms with van der Waals surface area (Å²) in [6, 6.07) is 8.25. The van der Waals surface area contributed by atoms with Crippen molar-refractivity contribution in [3.05, 3.63) is 24.3 Å². The number of anilines is 1. The van der Waals surface area contributed by atoms with E-state index in [0.29, 0.717) is 10.8 Å². The summed E-state index contributed by atoms with van der Waals surface area (Å²) >= 11 is 1.96. The third-order valence-electron chi connectivity index (χ3n) is 2.37. The Bertz CT molecular complexity index is 395. The van der Waals surface area contributed by atoms with Crippen LogP contribution < -0.4 is 5.32 Å². The van der Waals surface area contributed by atoms with E-state index in [1.54, 1.807) is 6.26 Å². The molecule has 0 radical (unpaired) electrons. The molecule has 4 heteroatoms. The minimum absolute atomic E-state index is 0.304. The molecule has 0 aliphatic carbocycles. The van der Waals surface area contributed by atoms with Crippen LogP contribution in [0.2, 0.25) is 0 Å². The summed E-state index contributed by atoms with van der Waals surface area (Å²) in [4.78, 5) is 0.872. The Kier molecular flexibility index (Phi) is 5.73. The van der Waals surface area contributed by atoms with Crippen molar-refractivity contribution < 1.29 is 4.21 Å². The van der Waals surface area contributed by atoms with Crippen LogP contribution in [-0.2, 0) is 10.8 Å². The fourth-order valence-electron chi connectivity index (χ4n) is 1.44. The van der Waals surface area contributed by atoms with Crippen LogP contribution in [0.3, 0.4) is 0 Å². The zero-order valence-electron chi connectivity index (χ0n) is 11.8. The van der Waals surface area contributed by atoms with Gasteiger partial charge in [0.05, 0.1) is 0 Å². The van der Waals surface area contributed by atoms with Crippen LogP contribution >= 0.6 is 11.8 Å². The van der Waals surface area contributed by atoms with Crippen LogP contribution in [-0.4, -0.2) is 27.0 Å². The van der Waals surface area contributed by atoms with Crippen LogP contribution in [0.5, 0.6) is 0 Å². The SMILES string of the molecule is C[C@@H](CSC(C)(C)C)Nc1ccc([S@](C)=O)cc1. The van der Waals surface area contributed by atoms with Gasteiger partial charge in [-0.05, 0) is 31.2 Å². The fourth-order valence-corrected chi connectivity index (χ4v) is 2.80. The predicted molar refractivity (Wildman–Crippen MR) is 84.1 cm³/mol. The van der Waals surface area contributed by atoms with Crippen molar-refractivity contribution in [3.8, 4) is 0 Å². The van der Waals surface area contributed by atoms with Gasteiger partial charge in [-0.2, -0.15) is 11.8 Å². The highest BCUT2D eigenvalue weighted by Crippen LogP contribution is 2.24. The second kappa shape index (κ2) is 6.62. The van der Waals surface area contributed by atoms with Crippen molar-refractivity contribution in [3.63, 3.8) is 0 Å². The number of rotatable bonds is 5. The molecule has 1 N–H and O–H groups in total. The molecular formula is C14H23NOS2. The lowest BCUT2D eigenvalue weighted by atomic mass is 10.3. The van der Waals surface area contributed by atoms with Gasteiger partial charge < -0.3 is 5.32 Å². The number of thioether (sulfide) groups is 1. The first kappa shape index (κ1) is 15.6. The molecule has 1 rings (SSSR count). The second-order valence-corrected chi connectivity index (χ2v) is 8.67. The Balaban J connectivity index is 2.49. The number of nitrogens with one attached hydrogen (secondary N) is 1. The largest absolute Gasteiger partial charge is 0.382 e. The van der Waals surface area contributed by atoms with E-state index < -0.39 is 10.8 Å². The Labute approximate surface area is 117 Å². The van der Waals surface area contributed by atoms with Crippen LogP contribution in [0.1, 0.15) is 27.7 Å². The molecule has 0 saturated carbocycles. The standard InChI is InChI=1S/C14H23NOS2/c1-11(10-17-14(2,3)4)15-12-6-8-13(9-7-12)18(5)16/h6-9,11,15H,10H2,1-5H3/t11-,18-/m0/s1. The Morgan fingerprint density at radius 3 is 2.28 bits per heavy atom. The third-order valence-corrected chi connectivity index (χ3v) is 4.83. The Morgan fingerprint density at radius 2 is 1.83 bits per heavy atom. The molecule has 2 atom stereocenters. The van der Waals surface area contributed by atoms with Crippen molar-refractivity contribution in [2.75, 3.05) is 17.3 Å². The second-order valence-electron chi connectivity index (χ2n) is 5.45. The number of hydrogen-bond donors (Lipinski definition) is 1. The van der Waals surface area contributed by atoms with E-state index in [9.17, 15) is 4.21 Å². The molecule has 0 aliphatic heterocycles. The predicted octanol–water partition coefficient (Wildman–Crippen LogP) is 3.76. The average molecular weight is 285 g/mol. The van der Waals surface area contributed by atoms with Gasteiger partial charge in [-0.15, -0.1) is 0 Å². The van der Waals surface area contributed by atoms with Crippen molar-refractivity contribution in [1.29, 1.82) is 0 Å². The molecule has 0 bridgehead atoms. The lowest BCUT2D eigenvalue weighted by molar-refractivity contribution is 0.687. The highest BCUT2D eigenvalue weighted by Gasteiger charge is 2.12. The van der Waals surface area contributed by atoms with Crippen molar-refractivity contribution in [1.82, 2.24) is 0 Å². The molecule has 18 heavy (non-hydrogen) atoms. The molecule has 1 aromatic rings. The topological polar surface area (TPSA) is 29.1 Å². The average Bonchev–Trinajstić information content (AvgIpc) is 2.26.